The highest BCUT2D eigenvalue weighted by Gasteiger charge is 2.31. The molecule has 0 unspecified atom stereocenters. The van der Waals surface area contributed by atoms with E-state index in [1.54, 1.807) is 40.8 Å². The summed E-state index contributed by atoms with van der Waals surface area (Å²) in [5, 5.41) is 4.47. The van der Waals surface area contributed by atoms with Crippen LogP contribution in [0.3, 0.4) is 0 Å². The molecule has 0 saturated heterocycles. The Morgan fingerprint density at radius 3 is 2.77 bits per heavy atom. The molecule has 2 rings (SSSR count). The first kappa shape index (κ1) is 16.5. The van der Waals surface area contributed by atoms with Crippen molar-refractivity contribution in [3.8, 4) is 11.3 Å². The SMILES string of the molecule is CSCC(C)(C)C(=O)N(C)c1cc(-c2cccnc2)n(C)n1. The molecule has 0 spiro atoms. The van der Waals surface area contributed by atoms with Gasteiger partial charge in [-0.1, -0.05) is 13.8 Å². The maximum atomic E-state index is 12.7. The van der Waals surface area contributed by atoms with Gasteiger partial charge in [0.05, 0.1) is 11.1 Å². The molecular formula is C16H22N4OS. The predicted molar refractivity (Wildman–Crippen MR) is 92.0 cm³/mol. The molecule has 0 radical (unpaired) electrons. The summed E-state index contributed by atoms with van der Waals surface area (Å²) in [6.45, 7) is 3.93. The Labute approximate surface area is 135 Å². The molecule has 0 aliphatic rings. The highest BCUT2D eigenvalue weighted by atomic mass is 32.2. The van der Waals surface area contributed by atoms with Gasteiger partial charge in [-0.2, -0.15) is 16.9 Å². The van der Waals surface area contributed by atoms with Crippen molar-refractivity contribution in [2.24, 2.45) is 12.5 Å². The maximum Gasteiger partial charge on any atom is 0.234 e. The van der Waals surface area contributed by atoms with Crippen LogP contribution < -0.4 is 4.90 Å². The number of aryl methyl sites for hydroxylation is 1. The number of hydrogen-bond donors (Lipinski definition) is 0. The standard InChI is InChI=1S/C16H22N4OS/c1-16(2,11-22-5)15(21)19(3)14-9-13(20(4)18-14)12-7-6-8-17-10-12/h6-10H,11H2,1-5H3. The lowest BCUT2D eigenvalue weighted by molar-refractivity contribution is -0.125. The number of pyridine rings is 1. The number of thioether (sulfide) groups is 1. The Kier molecular flexibility index (Phi) is 4.90. The number of carbonyl (C=O) groups excluding carboxylic acids is 1. The van der Waals surface area contributed by atoms with Gasteiger partial charge in [0, 0.05) is 43.9 Å². The van der Waals surface area contributed by atoms with Crippen LogP contribution in [-0.2, 0) is 11.8 Å². The molecule has 0 saturated carbocycles. The summed E-state index contributed by atoms with van der Waals surface area (Å²) in [6, 6.07) is 5.79. The molecular weight excluding hydrogens is 296 g/mol. The lowest BCUT2D eigenvalue weighted by Crippen LogP contribution is -2.40. The van der Waals surface area contributed by atoms with Crippen molar-refractivity contribution in [1.82, 2.24) is 14.8 Å². The van der Waals surface area contributed by atoms with Crippen molar-refractivity contribution in [2.45, 2.75) is 13.8 Å². The Bertz CT molecular complexity index is 651. The molecule has 1 amide bonds. The van der Waals surface area contributed by atoms with E-state index < -0.39 is 5.41 Å². The van der Waals surface area contributed by atoms with E-state index in [9.17, 15) is 4.79 Å². The quantitative estimate of drug-likeness (QED) is 0.850. The van der Waals surface area contributed by atoms with Crippen LogP contribution in [0.15, 0.2) is 30.6 Å². The van der Waals surface area contributed by atoms with Gasteiger partial charge in [-0.15, -0.1) is 0 Å². The highest BCUT2D eigenvalue weighted by molar-refractivity contribution is 7.98. The minimum Gasteiger partial charge on any atom is -0.298 e. The Morgan fingerprint density at radius 2 is 2.18 bits per heavy atom. The number of hydrogen-bond acceptors (Lipinski definition) is 4. The van der Waals surface area contributed by atoms with Gasteiger partial charge in [0.2, 0.25) is 5.91 Å². The molecule has 6 heteroatoms. The minimum atomic E-state index is -0.417. The lowest BCUT2D eigenvalue weighted by Gasteiger charge is -2.27. The van der Waals surface area contributed by atoms with Crippen LogP contribution in [0.25, 0.3) is 11.3 Å². The smallest absolute Gasteiger partial charge is 0.234 e. The van der Waals surface area contributed by atoms with Crippen molar-refractivity contribution in [3.63, 3.8) is 0 Å². The van der Waals surface area contributed by atoms with E-state index in [4.69, 9.17) is 0 Å². The topological polar surface area (TPSA) is 51.0 Å². The molecule has 0 atom stereocenters. The zero-order valence-corrected chi connectivity index (χ0v) is 14.5. The normalized spacial score (nSPS) is 11.5. The second kappa shape index (κ2) is 6.52. The van der Waals surface area contributed by atoms with Crippen molar-refractivity contribution < 1.29 is 4.79 Å². The summed E-state index contributed by atoms with van der Waals surface area (Å²) in [7, 11) is 3.65. The molecule has 2 heterocycles. The van der Waals surface area contributed by atoms with Gasteiger partial charge in [-0.25, -0.2) is 0 Å². The van der Waals surface area contributed by atoms with E-state index in [-0.39, 0.29) is 5.91 Å². The second-order valence-electron chi connectivity index (χ2n) is 5.93. The predicted octanol–water partition coefficient (Wildman–Crippen LogP) is 2.83. The summed E-state index contributed by atoms with van der Waals surface area (Å²) >= 11 is 1.67. The summed E-state index contributed by atoms with van der Waals surface area (Å²) in [4.78, 5) is 18.4. The second-order valence-corrected chi connectivity index (χ2v) is 6.80. The Hall–Kier alpha value is -1.82. The first-order valence-corrected chi connectivity index (χ1v) is 8.48. The van der Waals surface area contributed by atoms with Gasteiger partial charge in [-0.05, 0) is 18.4 Å². The van der Waals surface area contributed by atoms with E-state index in [1.165, 1.54) is 0 Å². The number of rotatable bonds is 5. The van der Waals surface area contributed by atoms with Crippen molar-refractivity contribution in [2.75, 3.05) is 24.0 Å². The van der Waals surface area contributed by atoms with Crippen LogP contribution in [0, 0.1) is 5.41 Å². The third-order valence-electron chi connectivity index (χ3n) is 3.56. The van der Waals surface area contributed by atoms with Crippen LogP contribution in [-0.4, -0.2) is 39.7 Å². The van der Waals surface area contributed by atoms with Crippen LogP contribution in [0.5, 0.6) is 0 Å². The van der Waals surface area contributed by atoms with Crippen molar-refractivity contribution in [3.05, 3.63) is 30.6 Å². The van der Waals surface area contributed by atoms with E-state index >= 15 is 0 Å². The zero-order chi connectivity index (χ0) is 16.3. The molecule has 0 N–H and O–H groups in total. The fraction of sp³-hybridized carbons (Fsp3) is 0.438. The molecule has 2 aromatic heterocycles. The Balaban J connectivity index is 2.29. The number of amides is 1. The third-order valence-corrected chi connectivity index (χ3v) is 4.57. The fourth-order valence-corrected chi connectivity index (χ4v) is 3.23. The first-order chi connectivity index (χ1) is 10.4. The monoisotopic (exact) mass is 318 g/mol. The number of carbonyl (C=O) groups is 1. The average Bonchev–Trinajstić information content (AvgIpc) is 2.88. The van der Waals surface area contributed by atoms with Crippen LogP contribution in [0.4, 0.5) is 5.82 Å². The van der Waals surface area contributed by atoms with Crippen LogP contribution in [0.2, 0.25) is 0 Å². The fourth-order valence-electron chi connectivity index (χ4n) is 2.38. The lowest BCUT2D eigenvalue weighted by atomic mass is 9.94. The van der Waals surface area contributed by atoms with Gasteiger partial charge < -0.3 is 0 Å². The van der Waals surface area contributed by atoms with Gasteiger partial charge >= 0.3 is 0 Å². The number of aromatic nitrogens is 3. The summed E-state index contributed by atoms with van der Waals surface area (Å²) in [5.41, 5.74) is 1.50. The first-order valence-electron chi connectivity index (χ1n) is 7.08. The largest absolute Gasteiger partial charge is 0.298 e. The molecule has 0 aromatic carbocycles. The van der Waals surface area contributed by atoms with Crippen molar-refractivity contribution >= 4 is 23.5 Å². The van der Waals surface area contributed by atoms with Crippen molar-refractivity contribution in [1.29, 1.82) is 0 Å². The van der Waals surface area contributed by atoms with Gasteiger partial charge in [0.15, 0.2) is 5.82 Å². The number of anilines is 1. The van der Waals surface area contributed by atoms with E-state index in [0.29, 0.717) is 5.82 Å². The highest BCUT2D eigenvalue weighted by Crippen LogP contribution is 2.28. The van der Waals surface area contributed by atoms with E-state index in [1.807, 2.05) is 45.4 Å². The molecule has 5 nitrogen and oxygen atoms in total. The van der Waals surface area contributed by atoms with Gasteiger partial charge in [0.25, 0.3) is 0 Å². The summed E-state index contributed by atoms with van der Waals surface area (Å²) in [5.74, 6) is 1.50. The maximum absolute atomic E-state index is 12.7. The summed E-state index contributed by atoms with van der Waals surface area (Å²) < 4.78 is 1.78. The zero-order valence-electron chi connectivity index (χ0n) is 13.7. The molecule has 0 aliphatic carbocycles. The van der Waals surface area contributed by atoms with E-state index in [0.717, 1.165) is 17.0 Å². The van der Waals surface area contributed by atoms with Gasteiger partial charge in [-0.3, -0.25) is 19.4 Å². The molecule has 2 aromatic rings. The van der Waals surface area contributed by atoms with Crippen LogP contribution in [0.1, 0.15) is 13.8 Å². The molecule has 0 bridgehead atoms. The molecule has 0 fully saturated rings. The average molecular weight is 318 g/mol. The molecule has 118 valence electrons. The molecule has 22 heavy (non-hydrogen) atoms. The Morgan fingerprint density at radius 1 is 1.45 bits per heavy atom. The number of nitrogens with zero attached hydrogens (tertiary/aromatic N) is 4. The minimum absolute atomic E-state index is 0.0673. The van der Waals surface area contributed by atoms with Gasteiger partial charge in [0.1, 0.15) is 0 Å². The summed E-state index contributed by atoms with van der Waals surface area (Å²) in [6.07, 6.45) is 5.54. The van der Waals surface area contributed by atoms with Crippen LogP contribution >= 0.6 is 11.8 Å². The third kappa shape index (κ3) is 3.32. The molecule has 0 aliphatic heterocycles. The van der Waals surface area contributed by atoms with E-state index in [2.05, 4.69) is 10.1 Å².